The molecule has 0 atom stereocenters. The Hall–Kier alpha value is -3.73. The van der Waals surface area contributed by atoms with Gasteiger partial charge in [-0.25, -0.2) is 9.55 Å². The summed E-state index contributed by atoms with van der Waals surface area (Å²) in [5.74, 6) is 0.171. The van der Waals surface area contributed by atoms with Crippen LogP contribution in [0.15, 0.2) is 82.7 Å². The molecule has 0 unspecified atom stereocenters. The second-order valence-electron chi connectivity index (χ2n) is 6.21. The van der Waals surface area contributed by atoms with Crippen LogP contribution in [0.4, 0.5) is 5.69 Å². The summed E-state index contributed by atoms with van der Waals surface area (Å²) in [4.78, 5) is 21.6. The maximum atomic E-state index is 12.9. The van der Waals surface area contributed by atoms with E-state index in [1.165, 1.54) is 4.57 Å². The first-order valence-electron chi connectivity index (χ1n) is 8.54. The molecule has 0 saturated heterocycles. The van der Waals surface area contributed by atoms with E-state index in [1.54, 1.807) is 48.8 Å². The highest BCUT2D eigenvalue weighted by Crippen LogP contribution is 2.26. The van der Waals surface area contributed by atoms with Crippen molar-refractivity contribution in [2.75, 3.05) is 0 Å². The summed E-state index contributed by atoms with van der Waals surface area (Å²) in [5, 5.41) is 12.0. The number of hydrogen-bond donors (Lipinski definition) is 1. The van der Waals surface area contributed by atoms with Gasteiger partial charge in [0.25, 0.3) is 5.56 Å². The van der Waals surface area contributed by atoms with Gasteiger partial charge < -0.3 is 5.11 Å². The highest BCUT2D eigenvalue weighted by Gasteiger charge is 2.16. The minimum Gasteiger partial charge on any atom is -0.494 e. The second kappa shape index (κ2) is 6.88. The van der Waals surface area contributed by atoms with Gasteiger partial charge in [0.2, 0.25) is 5.88 Å². The molecule has 4 aromatic rings. The summed E-state index contributed by atoms with van der Waals surface area (Å²) in [6.07, 6.45) is 3.17. The van der Waals surface area contributed by atoms with Crippen LogP contribution in [0.1, 0.15) is 11.1 Å². The fourth-order valence-electron chi connectivity index (χ4n) is 3.04. The van der Waals surface area contributed by atoms with Crippen molar-refractivity contribution in [3.63, 3.8) is 0 Å². The summed E-state index contributed by atoms with van der Waals surface area (Å²) in [6.45, 7) is 1.99. The van der Waals surface area contributed by atoms with E-state index in [-0.39, 0.29) is 11.4 Å². The van der Waals surface area contributed by atoms with Gasteiger partial charge in [0.05, 0.1) is 11.3 Å². The number of benzene rings is 2. The second-order valence-corrected chi connectivity index (χ2v) is 6.21. The average Bonchev–Trinajstić information content (AvgIpc) is 2.69. The Bertz CT molecular complexity index is 1210. The topological polar surface area (TPSA) is 67.5 Å². The van der Waals surface area contributed by atoms with Gasteiger partial charge in [-0.3, -0.25) is 9.79 Å². The molecule has 0 aliphatic heterocycles. The molecule has 0 fully saturated rings. The fraction of sp³-hybridized carbons (Fsp3) is 0.0455. The van der Waals surface area contributed by atoms with Crippen LogP contribution in [-0.2, 0) is 0 Å². The lowest BCUT2D eigenvalue weighted by Gasteiger charge is -2.12. The van der Waals surface area contributed by atoms with Gasteiger partial charge in [-0.05, 0) is 42.8 Å². The van der Waals surface area contributed by atoms with E-state index in [4.69, 9.17) is 0 Å². The molecule has 27 heavy (non-hydrogen) atoms. The fourth-order valence-corrected chi connectivity index (χ4v) is 3.04. The van der Waals surface area contributed by atoms with Crippen LogP contribution >= 0.6 is 0 Å². The molecule has 5 nitrogen and oxygen atoms in total. The molecule has 2 aromatic heterocycles. The lowest BCUT2D eigenvalue weighted by molar-refractivity contribution is 0.435. The summed E-state index contributed by atoms with van der Waals surface area (Å²) >= 11 is 0. The Morgan fingerprint density at radius 1 is 1.00 bits per heavy atom. The van der Waals surface area contributed by atoms with Gasteiger partial charge >= 0.3 is 0 Å². The molecule has 0 aliphatic carbocycles. The average molecular weight is 355 g/mol. The highest BCUT2D eigenvalue weighted by atomic mass is 16.3. The molecular weight excluding hydrogens is 338 g/mol. The van der Waals surface area contributed by atoms with Crippen LogP contribution in [0.25, 0.3) is 16.6 Å². The quantitative estimate of drug-likeness (QED) is 0.561. The molecule has 0 saturated carbocycles. The molecule has 2 aromatic carbocycles. The summed E-state index contributed by atoms with van der Waals surface area (Å²) in [5.41, 5.74) is 2.01. The molecule has 0 spiro atoms. The molecule has 5 heteroatoms. The molecule has 0 aliphatic rings. The Morgan fingerprint density at radius 3 is 2.52 bits per heavy atom. The minimum absolute atomic E-state index is 0.186. The summed E-state index contributed by atoms with van der Waals surface area (Å²) < 4.78 is 1.21. The number of aliphatic imine (C=N–C) groups is 1. The van der Waals surface area contributed by atoms with Crippen LogP contribution in [0.2, 0.25) is 0 Å². The first kappa shape index (κ1) is 16.7. The zero-order valence-corrected chi connectivity index (χ0v) is 14.7. The Kier molecular flexibility index (Phi) is 4.26. The van der Waals surface area contributed by atoms with Crippen molar-refractivity contribution in [2.45, 2.75) is 6.92 Å². The van der Waals surface area contributed by atoms with Crippen molar-refractivity contribution in [2.24, 2.45) is 4.99 Å². The van der Waals surface area contributed by atoms with Gasteiger partial charge in [-0.15, -0.1) is 0 Å². The third-order valence-corrected chi connectivity index (χ3v) is 4.33. The summed E-state index contributed by atoms with van der Waals surface area (Å²) in [7, 11) is 0. The molecular formula is C22H17N3O2. The number of aromatic hydroxyl groups is 1. The van der Waals surface area contributed by atoms with E-state index < -0.39 is 0 Å². The van der Waals surface area contributed by atoms with Crippen molar-refractivity contribution < 1.29 is 5.11 Å². The molecule has 0 radical (unpaired) electrons. The van der Waals surface area contributed by atoms with Crippen LogP contribution in [0, 0.1) is 6.92 Å². The van der Waals surface area contributed by atoms with Gasteiger partial charge in [-0.2, -0.15) is 0 Å². The number of hydrogen-bond acceptors (Lipinski definition) is 4. The minimum atomic E-state index is -0.325. The number of aryl methyl sites for hydroxylation is 1. The lowest BCUT2D eigenvalue weighted by atomic mass is 10.1. The largest absolute Gasteiger partial charge is 0.494 e. The zero-order valence-electron chi connectivity index (χ0n) is 14.7. The lowest BCUT2D eigenvalue weighted by Crippen LogP contribution is -2.20. The van der Waals surface area contributed by atoms with Crippen molar-refractivity contribution >= 4 is 22.7 Å². The zero-order chi connectivity index (χ0) is 18.8. The molecule has 0 amide bonds. The maximum Gasteiger partial charge on any atom is 0.267 e. The van der Waals surface area contributed by atoms with Crippen LogP contribution in [0.5, 0.6) is 5.88 Å². The summed E-state index contributed by atoms with van der Waals surface area (Å²) in [6, 6.07) is 20.1. The normalized spacial score (nSPS) is 11.3. The van der Waals surface area contributed by atoms with Gasteiger partial charge in [0.15, 0.2) is 0 Å². The van der Waals surface area contributed by atoms with Gasteiger partial charge in [0.1, 0.15) is 5.82 Å². The van der Waals surface area contributed by atoms with E-state index in [1.807, 2.05) is 37.3 Å². The van der Waals surface area contributed by atoms with Crippen molar-refractivity contribution in [3.05, 3.63) is 94.4 Å². The molecule has 1 N–H and O–H groups in total. The van der Waals surface area contributed by atoms with Crippen molar-refractivity contribution in [3.8, 4) is 11.7 Å². The Morgan fingerprint density at radius 2 is 1.78 bits per heavy atom. The van der Waals surface area contributed by atoms with Gasteiger partial charge in [-0.1, -0.05) is 36.4 Å². The highest BCUT2D eigenvalue weighted by molar-refractivity contribution is 6.02. The first-order chi connectivity index (χ1) is 13.1. The van der Waals surface area contributed by atoms with Crippen LogP contribution in [-0.4, -0.2) is 20.9 Å². The van der Waals surface area contributed by atoms with E-state index in [0.717, 1.165) is 11.3 Å². The van der Waals surface area contributed by atoms with E-state index in [2.05, 4.69) is 9.98 Å². The third kappa shape index (κ3) is 3.11. The van der Waals surface area contributed by atoms with E-state index in [0.29, 0.717) is 22.2 Å². The third-order valence-electron chi connectivity index (χ3n) is 4.33. The van der Waals surface area contributed by atoms with E-state index in [9.17, 15) is 9.90 Å². The first-order valence-corrected chi connectivity index (χ1v) is 8.54. The van der Waals surface area contributed by atoms with Gasteiger partial charge in [0, 0.05) is 23.2 Å². The number of nitrogens with zero attached hydrogens (tertiary/aromatic N) is 3. The number of aromatic nitrogens is 2. The smallest absolute Gasteiger partial charge is 0.267 e. The van der Waals surface area contributed by atoms with Crippen LogP contribution < -0.4 is 5.56 Å². The Labute approximate surface area is 155 Å². The molecule has 0 bridgehead atoms. The standard InChI is InChI=1S/C22H17N3O2/c1-15-7-6-8-16(13-15)24-14-19-17-9-2-3-10-18(17)21(26)25(22(19)27)20-11-4-5-12-23-20/h2-14,27H,1H3. The Balaban J connectivity index is 1.98. The molecule has 2 heterocycles. The maximum absolute atomic E-state index is 12.9. The SMILES string of the molecule is Cc1cccc(N=Cc2c(O)n(-c3ccccn3)c(=O)c3ccccc23)c1. The number of fused-ring (bicyclic) bond motifs is 1. The van der Waals surface area contributed by atoms with Crippen molar-refractivity contribution in [1.82, 2.24) is 9.55 Å². The van der Waals surface area contributed by atoms with E-state index >= 15 is 0 Å². The molecule has 132 valence electrons. The van der Waals surface area contributed by atoms with Crippen molar-refractivity contribution in [1.29, 1.82) is 0 Å². The molecule has 4 rings (SSSR count). The number of rotatable bonds is 3. The predicted octanol–water partition coefficient (Wildman–Crippen LogP) is 4.15. The number of pyridine rings is 2. The monoisotopic (exact) mass is 355 g/mol. The van der Waals surface area contributed by atoms with Crippen LogP contribution in [0.3, 0.4) is 0 Å². The predicted molar refractivity (Wildman–Crippen MR) is 107 cm³/mol.